The number of nitrogens with one attached hydrogen (secondary N) is 1. The second-order valence-corrected chi connectivity index (χ2v) is 7.88. The van der Waals surface area contributed by atoms with Crippen molar-refractivity contribution in [2.75, 3.05) is 38.0 Å². The molecule has 1 fully saturated rings. The van der Waals surface area contributed by atoms with Crippen molar-refractivity contribution < 1.29 is 8.78 Å². The van der Waals surface area contributed by atoms with Gasteiger partial charge in [-0.3, -0.25) is 4.90 Å². The van der Waals surface area contributed by atoms with Crippen molar-refractivity contribution >= 4 is 40.9 Å². The van der Waals surface area contributed by atoms with E-state index in [-0.39, 0.29) is 0 Å². The third-order valence-electron chi connectivity index (χ3n) is 4.46. The molecule has 0 bridgehead atoms. The van der Waals surface area contributed by atoms with Crippen molar-refractivity contribution in [3.8, 4) is 0 Å². The smallest absolute Gasteiger partial charge is 0.288 e. The molecule has 0 spiro atoms. The van der Waals surface area contributed by atoms with Gasteiger partial charge in [0, 0.05) is 43.3 Å². The van der Waals surface area contributed by atoms with Gasteiger partial charge in [0.05, 0.1) is 0 Å². The monoisotopic (exact) mass is 419 g/mol. The molecule has 0 saturated carbocycles. The number of thioether (sulfide) groups is 1. The van der Waals surface area contributed by atoms with Gasteiger partial charge in [-0.2, -0.15) is 8.78 Å². The van der Waals surface area contributed by atoms with E-state index in [0.717, 1.165) is 38.4 Å². The van der Waals surface area contributed by atoms with Gasteiger partial charge in [-0.05, 0) is 42.0 Å². The molecule has 0 unspecified atom stereocenters. The summed E-state index contributed by atoms with van der Waals surface area (Å²) in [5, 5.41) is 3.87. The largest absolute Gasteiger partial charge is 0.346 e. The summed E-state index contributed by atoms with van der Waals surface area (Å²) in [5.74, 6) is -2.40. The molecular weight excluding hydrogens is 396 g/mol. The summed E-state index contributed by atoms with van der Waals surface area (Å²) in [4.78, 5) is 5.09. The lowest BCUT2D eigenvalue weighted by atomic mass is 10.2. The second-order valence-electron chi connectivity index (χ2n) is 6.43. The Balaban J connectivity index is 1.41. The molecule has 2 aromatic carbocycles. The third kappa shape index (κ3) is 6.58. The lowest BCUT2D eigenvalue weighted by Gasteiger charge is -2.35. The summed E-state index contributed by atoms with van der Waals surface area (Å²) in [7, 11) is 0. The van der Waals surface area contributed by atoms with Crippen LogP contribution in [0.1, 0.15) is 5.56 Å². The van der Waals surface area contributed by atoms with Crippen LogP contribution in [-0.2, 0) is 0 Å². The Morgan fingerprint density at radius 1 is 1.04 bits per heavy atom. The molecule has 28 heavy (non-hydrogen) atoms. The minimum Gasteiger partial charge on any atom is -0.346 e. The van der Waals surface area contributed by atoms with E-state index in [2.05, 4.69) is 39.4 Å². The Morgan fingerprint density at radius 3 is 2.36 bits per heavy atom. The Hall–Kier alpha value is -1.96. The lowest BCUT2D eigenvalue weighted by molar-refractivity contribution is 0.200. The fourth-order valence-electron chi connectivity index (χ4n) is 2.96. The quantitative estimate of drug-likeness (QED) is 0.521. The van der Waals surface area contributed by atoms with Crippen LogP contribution in [0.15, 0.2) is 65.6 Å². The van der Waals surface area contributed by atoms with Crippen LogP contribution < -0.4 is 5.32 Å². The maximum atomic E-state index is 12.4. The van der Waals surface area contributed by atoms with Crippen LogP contribution in [0.4, 0.5) is 14.5 Å². The number of halogens is 2. The molecule has 1 heterocycles. The number of rotatable bonds is 6. The molecule has 3 nitrogen and oxygen atoms in total. The molecule has 1 N–H and O–H groups in total. The van der Waals surface area contributed by atoms with Gasteiger partial charge in [0.1, 0.15) is 0 Å². The van der Waals surface area contributed by atoms with Crippen molar-refractivity contribution in [3.05, 3.63) is 66.2 Å². The van der Waals surface area contributed by atoms with Gasteiger partial charge in [-0.25, -0.2) is 0 Å². The SMILES string of the molecule is FC(F)Sc1ccc(NC(=S)N2CCN(CC=Cc3ccccc3)CC2)cc1. The van der Waals surface area contributed by atoms with Crippen LogP contribution in [-0.4, -0.2) is 53.4 Å². The summed E-state index contributed by atoms with van der Waals surface area (Å²) >= 11 is 6.05. The van der Waals surface area contributed by atoms with Crippen molar-refractivity contribution in [2.45, 2.75) is 10.7 Å². The van der Waals surface area contributed by atoms with E-state index < -0.39 is 5.76 Å². The van der Waals surface area contributed by atoms with Crippen molar-refractivity contribution in [1.29, 1.82) is 0 Å². The summed E-state index contributed by atoms with van der Waals surface area (Å²) in [5.41, 5.74) is 2.03. The maximum absolute atomic E-state index is 12.4. The van der Waals surface area contributed by atoms with Gasteiger partial charge in [-0.1, -0.05) is 54.2 Å². The first kappa shape index (κ1) is 20.8. The second kappa shape index (κ2) is 10.5. The average Bonchev–Trinajstić information content (AvgIpc) is 2.70. The molecule has 0 amide bonds. The van der Waals surface area contributed by atoms with Gasteiger partial charge in [0.25, 0.3) is 5.76 Å². The molecule has 1 saturated heterocycles. The van der Waals surface area contributed by atoms with E-state index in [9.17, 15) is 8.78 Å². The van der Waals surface area contributed by atoms with Crippen molar-refractivity contribution in [1.82, 2.24) is 9.80 Å². The number of thiocarbonyl (C=S) groups is 1. The van der Waals surface area contributed by atoms with Crippen LogP contribution >= 0.6 is 24.0 Å². The van der Waals surface area contributed by atoms with Gasteiger partial charge in [0.2, 0.25) is 0 Å². The molecule has 3 rings (SSSR count). The van der Waals surface area contributed by atoms with Gasteiger partial charge in [-0.15, -0.1) is 0 Å². The van der Waals surface area contributed by atoms with Crippen LogP contribution in [0.25, 0.3) is 6.08 Å². The third-order valence-corrected chi connectivity index (χ3v) is 5.55. The number of alkyl halides is 2. The average molecular weight is 420 g/mol. The Kier molecular flexibility index (Phi) is 7.82. The highest BCUT2D eigenvalue weighted by molar-refractivity contribution is 7.99. The van der Waals surface area contributed by atoms with Crippen LogP contribution in [0.2, 0.25) is 0 Å². The molecule has 2 aromatic rings. The van der Waals surface area contributed by atoms with Crippen LogP contribution in [0.3, 0.4) is 0 Å². The van der Waals surface area contributed by atoms with Crippen molar-refractivity contribution in [2.24, 2.45) is 0 Å². The number of anilines is 1. The van der Waals surface area contributed by atoms with E-state index in [1.54, 1.807) is 24.3 Å². The number of nitrogens with zero attached hydrogens (tertiary/aromatic N) is 2. The molecule has 148 valence electrons. The summed E-state index contributed by atoms with van der Waals surface area (Å²) in [6.45, 7) is 4.55. The summed E-state index contributed by atoms with van der Waals surface area (Å²) < 4.78 is 24.8. The molecule has 0 atom stereocenters. The molecule has 0 radical (unpaired) electrons. The highest BCUT2D eigenvalue weighted by Crippen LogP contribution is 2.26. The highest BCUT2D eigenvalue weighted by Gasteiger charge is 2.18. The van der Waals surface area contributed by atoms with E-state index in [0.29, 0.717) is 21.8 Å². The fraction of sp³-hybridized carbons (Fsp3) is 0.286. The summed E-state index contributed by atoms with van der Waals surface area (Å²) in [6.07, 6.45) is 4.34. The first-order valence-corrected chi connectivity index (χ1v) is 10.4. The van der Waals surface area contributed by atoms with E-state index in [1.807, 2.05) is 18.2 Å². The Labute approximate surface area is 174 Å². The fourth-order valence-corrected chi connectivity index (χ4v) is 3.76. The molecule has 0 aromatic heterocycles. The van der Waals surface area contributed by atoms with Crippen molar-refractivity contribution in [3.63, 3.8) is 0 Å². The number of hydrogen-bond acceptors (Lipinski definition) is 3. The van der Waals surface area contributed by atoms with Crippen LogP contribution in [0, 0.1) is 0 Å². The minimum absolute atomic E-state index is 0.544. The first-order chi connectivity index (χ1) is 13.6. The van der Waals surface area contributed by atoms with Gasteiger partial charge in [0.15, 0.2) is 5.11 Å². The molecule has 1 aliphatic heterocycles. The first-order valence-electron chi connectivity index (χ1n) is 9.15. The van der Waals surface area contributed by atoms with E-state index >= 15 is 0 Å². The summed E-state index contributed by atoms with van der Waals surface area (Å²) in [6, 6.07) is 17.2. The highest BCUT2D eigenvalue weighted by atomic mass is 32.2. The molecule has 1 aliphatic rings. The maximum Gasteiger partial charge on any atom is 0.288 e. The standard InChI is InChI=1S/C21H23F2N3S2/c22-20(23)28-19-10-8-18(9-11-19)24-21(27)26-15-13-25(14-16-26)12-4-7-17-5-2-1-3-6-17/h1-11,20H,12-16H2,(H,24,27). The number of hydrogen-bond donors (Lipinski definition) is 1. The van der Waals surface area contributed by atoms with Gasteiger partial charge >= 0.3 is 0 Å². The molecule has 7 heteroatoms. The predicted octanol–water partition coefficient (Wildman–Crippen LogP) is 5.03. The molecule has 0 aliphatic carbocycles. The van der Waals surface area contributed by atoms with E-state index in [4.69, 9.17) is 12.2 Å². The number of benzene rings is 2. The Morgan fingerprint density at radius 2 is 1.71 bits per heavy atom. The van der Waals surface area contributed by atoms with Crippen LogP contribution in [0.5, 0.6) is 0 Å². The topological polar surface area (TPSA) is 18.5 Å². The predicted molar refractivity (Wildman–Crippen MR) is 118 cm³/mol. The van der Waals surface area contributed by atoms with E-state index in [1.165, 1.54) is 5.56 Å². The number of piperazine rings is 1. The lowest BCUT2D eigenvalue weighted by Crippen LogP contribution is -2.49. The minimum atomic E-state index is -2.40. The van der Waals surface area contributed by atoms with Gasteiger partial charge < -0.3 is 10.2 Å². The normalized spacial score (nSPS) is 15.3. The Bertz CT molecular complexity index is 774. The molecular formula is C21H23F2N3S2. The zero-order chi connectivity index (χ0) is 19.8. The zero-order valence-electron chi connectivity index (χ0n) is 15.4. The zero-order valence-corrected chi connectivity index (χ0v) is 17.1.